The lowest BCUT2D eigenvalue weighted by molar-refractivity contribution is 0.0452. The summed E-state index contributed by atoms with van der Waals surface area (Å²) >= 11 is 0. The van der Waals surface area contributed by atoms with Gasteiger partial charge in [0.15, 0.2) is 11.9 Å². The number of nitrogens with zero attached hydrogens (tertiary/aromatic N) is 4. The van der Waals surface area contributed by atoms with Gasteiger partial charge in [0.25, 0.3) is 0 Å². The van der Waals surface area contributed by atoms with Crippen molar-refractivity contribution in [3.63, 3.8) is 0 Å². The van der Waals surface area contributed by atoms with Gasteiger partial charge in [0.2, 0.25) is 0 Å². The van der Waals surface area contributed by atoms with Crippen LogP contribution in [0.2, 0.25) is 0 Å². The number of hydrogen-bond donors (Lipinski definition) is 1. The Labute approximate surface area is 160 Å². The zero-order valence-electron chi connectivity index (χ0n) is 15.6. The summed E-state index contributed by atoms with van der Waals surface area (Å²) in [6, 6.07) is 6.95. The van der Waals surface area contributed by atoms with Gasteiger partial charge in [-0.3, -0.25) is 4.39 Å². The van der Waals surface area contributed by atoms with E-state index in [-0.39, 0.29) is 6.61 Å². The van der Waals surface area contributed by atoms with Crippen molar-refractivity contribution in [2.75, 3.05) is 13.3 Å². The fourth-order valence-corrected chi connectivity index (χ4v) is 2.92. The van der Waals surface area contributed by atoms with Gasteiger partial charge in [0.05, 0.1) is 42.5 Å². The summed E-state index contributed by atoms with van der Waals surface area (Å²) in [5.74, 6) is -1.85. The largest absolute Gasteiger partial charge is 0.491 e. The van der Waals surface area contributed by atoms with Gasteiger partial charge in [-0.05, 0) is 25.1 Å². The van der Waals surface area contributed by atoms with E-state index in [4.69, 9.17) is 10.5 Å². The summed E-state index contributed by atoms with van der Waals surface area (Å²) in [5, 5.41) is 4.23. The molecule has 4 unspecified atom stereocenters. The van der Waals surface area contributed by atoms with Crippen LogP contribution in [0, 0.1) is 18.8 Å². The molecule has 3 aromatic rings. The number of ether oxygens (including phenoxy) is 1. The summed E-state index contributed by atoms with van der Waals surface area (Å²) in [6.45, 7) is 1.88. The molecule has 6 nitrogen and oxygen atoms in total. The van der Waals surface area contributed by atoms with Gasteiger partial charge < -0.3 is 10.5 Å². The maximum Gasteiger partial charge on any atom is 0.157 e. The first-order valence-electron chi connectivity index (χ1n) is 8.91. The number of alkyl halides is 3. The van der Waals surface area contributed by atoms with Crippen LogP contribution in [0.25, 0.3) is 17.0 Å². The monoisotopic (exact) mass is 393 g/mol. The smallest absolute Gasteiger partial charge is 0.157 e. The molecule has 3 heterocycles. The Kier molecular flexibility index (Phi) is 6.13. The van der Waals surface area contributed by atoms with Crippen molar-refractivity contribution in [3.05, 3.63) is 42.4 Å². The Bertz CT molecular complexity index is 933. The lowest BCUT2D eigenvalue weighted by Gasteiger charge is -2.25. The second kappa shape index (κ2) is 8.55. The minimum Gasteiger partial charge on any atom is -0.491 e. The van der Waals surface area contributed by atoms with Crippen molar-refractivity contribution in [2.45, 2.75) is 26.3 Å². The quantitative estimate of drug-likeness (QED) is 0.594. The molecule has 0 bridgehead atoms. The molecule has 2 N–H and O–H groups in total. The molecule has 3 aromatic heterocycles. The van der Waals surface area contributed by atoms with Crippen LogP contribution in [0.4, 0.5) is 13.2 Å². The van der Waals surface area contributed by atoms with E-state index in [1.54, 1.807) is 48.1 Å². The first kappa shape index (κ1) is 20.1. The Morgan fingerprint density at radius 1 is 1.18 bits per heavy atom. The van der Waals surface area contributed by atoms with E-state index < -0.39 is 31.0 Å². The standard InChI is InChI=1S/C19H22F3N5O/c1-11(9-20)18(21)13(19(22)23)10-28-16-4-3-14(26-12(16)2)15-5-7-24-17-6-8-25-27(15)17/h3-8,11,13,18-19H,9-10,23H2,1-2H3. The molecule has 0 saturated carbocycles. The third-order valence-corrected chi connectivity index (χ3v) is 4.63. The Hall–Kier alpha value is -2.68. The van der Waals surface area contributed by atoms with E-state index >= 15 is 0 Å². The lowest BCUT2D eigenvalue weighted by atomic mass is 9.94. The van der Waals surface area contributed by atoms with Crippen molar-refractivity contribution in [2.24, 2.45) is 17.6 Å². The van der Waals surface area contributed by atoms with Crippen molar-refractivity contribution in [1.29, 1.82) is 0 Å². The number of halogens is 3. The second-order valence-electron chi connectivity index (χ2n) is 6.71. The van der Waals surface area contributed by atoms with Gasteiger partial charge in [-0.25, -0.2) is 23.3 Å². The predicted molar refractivity (Wildman–Crippen MR) is 99.1 cm³/mol. The van der Waals surface area contributed by atoms with Crippen LogP contribution in [0.5, 0.6) is 5.75 Å². The van der Waals surface area contributed by atoms with Crippen molar-refractivity contribution in [3.8, 4) is 17.1 Å². The summed E-state index contributed by atoms with van der Waals surface area (Å²) in [4.78, 5) is 8.71. The number of aromatic nitrogens is 4. The SMILES string of the molecule is Cc1nc(-c2ccnc3ccnn23)ccc1OCC(C(N)F)C(F)C(C)CF. The summed E-state index contributed by atoms with van der Waals surface area (Å²) in [7, 11) is 0. The molecule has 0 saturated heterocycles. The van der Waals surface area contributed by atoms with E-state index in [0.717, 1.165) is 5.69 Å². The minimum atomic E-state index is -1.96. The zero-order chi connectivity index (χ0) is 20.3. The van der Waals surface area contributed by atoms with Crippen LogP contribution in [0.1, 0.15) is 12.6 Å². The molecule has 0 fully saturated rings. The molecular formula is C19H22F3N5O. The molecule has 4 atom stereocenters. The number of fused-ring (bicyclic) bond motifs is 1. The molecule has 0 radical (unpaired) electrons. The third-order valence-electron chi connectivity index (χ3n) is 4.63. The number of nitrogens with two attached hydrogens (primary N) is 1. The molecule has 0 aliphatic heterocycles. The van der Waals surface area contributed by atoms with Crippen molar-refractivity contribution < 1.29 is 17.9 Å². The third kappa shape index (κ3) is 4.09. The average Bonchev–Trinajstić information content (AvgIpc) is 3.17. The molecule has 3 rings (SSSR count). The Morgan fingerprint density at radius 3 is 2.64 bits per heavy atom. The van der Waals surface area contributed by atoms with Gasteiger partial charge >= 0.3 is 0 Å². The maximum absolute atomic E-state index is 14.2. The summed E-state index contributed by atoms with van der Waals surface area (Å²) in [5.41, 5.74) is 7.85. The highest BCUT2D eigenvalue weighted by molar-refractivity contribution is 5.59. The minimum absolute atomic E-state index is 0.316. The van der Waals surface area contributed by atoms with E-state index in [9.17, 15) is 13.2 Å². The lowest BCUT2D eigenvalue weighted by Crippen LogP contribution is -2.40. The number of pyridine rings is 1. The van der Waals surface area contributed by atoms with E-state index in [1.165, 1.54) is 6.92 Å². The molecule has 0 amide bonds. The van der Waals surface area contributed by atoms with Crippen LogP contribution in [0.3, 0.4) is 0 Å². The number of rotatable bonds is 8. The average molecular weight is 393 g/mol. The van der Waals surface area contributed by atoms with Crippen LogP contribution in [-0.4, -0.2) is 45.3 Å². The Balaban J connectivity index is 1.78. The van der Waals surface area contributed by atoms with Crippen LogP contribution >= 0.6 is 0 Å². The number of aryl methyl sites for hydroxylation is 1. The zero-order valence-corrected chi connectivity index (χ0v) is 15.6. The maximum atomic E-state index is 14.2. The molecule has 0 spiro atoms. The number of hydrogen-bond acceptors (Lipinski definition) is 5. The summed E-state index contributed by atoms with van der Waals surface area (Å²) in [6.07, 6.45) is -0.402. The van der Waals surface area contributed by atoms with Crippen molar-refractivity contribution in [1.82, 2.24) is 19.6 Å². The highest BCUT2D eigenvalue weighted by Gasteiger charge is 2.32. The first-order chi connectivity index (χ1) is 13.4. The molecule has 0 aliphatic carbocycles. The highest BCUT2D eigenvalue weighted by Crippen LogP contribution is 2.26. The van der Waals surface area contributed by atoms with Gasteiger partial charge in [-0.1, -0.05) is 6.92 Å². The molecule has 150 valence electrons. The van der Waals surface area contributed by atoms with Gasteiger partial charge in [0, 0.05) is 18.2 Å². The second-order valence-corrected chi connectivity index (χ2v) is 6.71. The highest BCUT2D eigenvalue weighted by atomic mass is 19.2. The van der Waals surface area contributed by atoms with E-state index in [0.29, 0.717) is 22.8 Å². The van der Waals surface area contributed by atoms with Gasteiger partial charge in [0.1, 0.15) is 11.9 Å². The molecule has 9 heteroatoms. The van der Waals surface area contributed by atoms with Crippen LogP contribution in [-0.2, 0) is 0 Å². The van der Waals surface area contributed by atoms with E-state index in [1.807, 2.05) is 0 Å². The van der Waals surface area contributed by atoms with Crippen LogP contribution in [0.15, 0.2) is 36.7 Å². The van der Waals surface area contributed by atoms with Gasteiger partial charge in [-0.15, -0.1) is 0 Å². The predicted octanol–water partition coefficient (Wildman–Crippen LogP) is 3.29. The summed E-state index contributed by atoms with van der Waals surface area (Å²) < 4.78 is 47.8. The fourth-order valence-electron chi connectivity index (χ4n) is 2.92. The molecular weight excluding hydrogens is 371 g/mol. The van der Waals surface area contributed by atoms with E-state index in [2.05, 4.69) is 15.1 Å². The van der Waals surface area contributed by atoms with Crippen LogP contribution < -0.4 is 10.5 Å². The fraction of sp³-hybridized carbons (Fsp3) is 0.421. The first-order valence-corrected chi connectivity index (χ1v) is 8.91. The molecule has 0 aromatic carbocycles. The molecule has 28 heavy (non-hydrogen) atoms. The Morgan fingerprint density at radius 2 is 1.96 bits per heavy atom. The van der Waals surface area contributed by atoms with Gasteiger partial charge in [-0.2, -0.15) is 5.10 Å². The topological polar surface area (TPSA) is 78.3 Å². The normalized spacial score (nSPS) is 15.9. The van der Waals surface area contributed by atoms with Crippen molar-refractivity contribution >= 4 is 5.65 Å². The molecule has 0 aliphatic rings.